The van der Waals surface area contributed by atoms with Crippen molar-refractivity contribution in [2.24, 2.45) is 0 Å². The smallest absolute Gasteiger partial charge is 0.408 e. The molecule has 0 fully saturated rings. The molecule has 0 spiro atoms. The van der Waals surface area contributed by atoms with Gasteiger partial charge < -0.3 is 15.2 Å². The van der Waals surface area contributed by atoms with Crippen LogP contribution in [0.2, 0.25) is 0 Å². The molecule has 1 unspecified atom stereocenters. The van der Waals surface area contributed by atoms with Crippen molar-refractivity contribution < 1.29 is 37.4 Å². The second-order valence-electron chi connectivity index (χ2n) is 6.61. The summed E-state index contributed by atoms with van der Waals surface area (Å²) in [6, 6.07) is -0.137. The minimum atomic E-state index is -1.67. The van der Waals surface area contributed by atoms with E-state index < -0.39 is 46.9 Å². The highest BCUT2D eigenvalue weighted by Crippen LogP contribution is 2.16. The number of carbonyl (C=O) groups excluding carboxylic acids is 2. The fourth-order valence-corrected chi connectivity index (χ4v) is 2.03. The van der Waals surface area contributed by atoms with Gasteiger partial charge in [0.05, 0.1) is 0 Å². The highest BCUT2D eigenvalue weighted by molar-refractivity contribution is 5.96. The highest BCUT2D eigenvalue weighted by Gasteiger charge is 2.24. The average molecular weight is 375 g/mol. The van der Waals surface area contributed by atoms with Crippen LogP contribution in [0.3, 0.4) is 0 Å². The number of Topliss-reactive ketones (excluding diaryl/α,β-unsaturated/α-hetero) is 1. The quantitative estimate of drug-likeness (QED) is 0.563. The molecule has 1 aromatic rings. The van der Waals surface area contributed by atoms with Gasteiger partial charge in [-0.05, 0) is 45.7 Å². The van der Waals surface area contributed by atoms with Gasteiger partial charge in [0, 0.05) is 12.0 Å². The fourth-order valence-electron chi connectivity index (χ4n) is 2.03. The molecule has 0 radical (unpaired) electrons. The Morgan fingerprint density at radius 1 is 1.15 bits per heavy atom. The maximum atomic E-state index is 13.1. The van der Waals surface area contributed by atoms with Crippen LogP contribution in [-0.4, -0.2) is 34.6 Å². The molecule has 26 heavy (non-hydrogen) atoms. The maximum absolute atomic E-state index is 13.1. The van der Waals surface area contributed by atoms with Crippen LogP contribution in [-0.2, 0) is 9.53 Å². The van der Waals surface area contributed by atoms with E-state index in [-0.39, 0.29) is 24.8 Å². The van der Waals surface area contributed by atoms with E-state index in [0.29, 0.717) is 12.1 Å². The Hall–Kier alpha value is -2.58. The van der Waals surface area contributed by atoms with Crippen LogP contribution in [0.15, 0.2) is 12.1 Å². The molecule has 0 aliphatic carbocycles. The number of hydrogen-bond donors (Lipinski definition) is 2. The Kier molecular flexibility index (Phi) is 7.17. The van der Waals surface area contributed by atoms with Gasteiger partial charge in [0.15, 0.2) is 23.2 Å². The number of carboxylic acids is 1. The maximum Gasteiger partial charge on any atom is 0.408 e. The predicted octanol–water partition coefficient (Wildman–Crippen LogP) is 3.43. The molecular formula is C17H20F3NO5. The number of rotatable bonds is 7. The lowest BCUT2D eigenvalue weighted by Gasteiger charge is -2.22. The van der Waals surface area contributed by atoms with E-state index in [9.17, 15) is 27.6 Å². The van der Waals surface area contributed by atoms with Gasteiger partial charge in [-0.25, -0.2) is 22.8 Å². The van der Waals surface area contributed by atoms with E-state index in [0.717, 1.165) is 0 Å². The molecule has 0 bridgehead atoms. The van der Waals surface area contributed by atoms with E-state index in [4.69, 9.17) is 9.84 Å². The first-order chi connectivity index (χ1) is 11.9. The number of ether oxygens (including phenoxy) is 1. The number of carboxylic acid groups (broad SMARTS) is 1. The number of aliphatic carboxylic acids is 1. The van der Waals surface area contributed by atoms with Crippen LogP contribution < -0.4 is 5.32 Å². The van der Waals surface area contributed by atoms with Gasteiger partial charge in [0.25, 0.3) is 0 Å². The number of benzene rings is 1. The molecule has 1 aromatic carbocycles. The summed E-state index contributed by atoms with van der Waals surface area (Å²) in [5.41, 5.74) is -1.16. The lowest BCUT2D eigenvalue weighted by molar-refractivity contribution is -0.139. The Morgan fingerprint density at radius 2 is 1.69 bits per heavy atom. The van der Waals surface area contributed by atoms with E-state index >= 15 is 0 Å². The van der Waals surface area contributed by atoms with Gasteiger partial charge >= 0.3 is 12.1 Å². The van der Waals surface area contributed by atoms with Crippen LogP contribution in [0.5, 0.6) is 0 Å². The summed E-state index contributed by atoms with van der Waals surface area (Å²) in [7, 11) is 0. The standard InChI is InChI=1S/C17H20F3NO5/c1-17(2,3)26-16(25)21-12(15(23)24)5-4-6-13(22)9-7-10(18)14(20)11(19)8-9/h7-8,12H,4-6H2,1-3H3,(H,21,25)(H,23,24). The molecule has 6 nitrogen and oxygen atoms in total. The first kappa shape index (κ1) is 21.5. The number of halogens is 3. The number of nitrogens with one attached hydrogen (secondary N) is 1. The molecule has 0 saturated heterocycles. The Morgan fingerprint density at radius 3 is 2.15 bits per heavy atom. The Labute approximate surface area is 148 Å². The zero-order valence-corrected chi connectivity index (χ0v) is 14.6. The summed E-state index contributed by atoms with van der Waals surface area (Å²) < 4.78 is 44.1. The van der Waals surface area contributed by atoms with Gasteiger partial charge in [-0.3, -0.25) is 4.79 Å². The first-order valence-electron chi connectivity index (χ1n) is 7.81. The van der Waals surface area contributed by atoms with Crippen LogP contribution in [0.4, 0.5) is 18.0 Å². The average Bonchev–Trinajstić information content (AvgIpc) is 2.48. The lowest BCUT2D eigenvalue weighted by atomic mass is 10.0. The van der Waals surface area contributed by atoms with Crippen LogP contribution in [0, 0.1) is 17.5 Å². The van der Waals surface area contributed by atoms with E-state index in [1.165, 1.54) is 0 Å². The molecule has 0 aliphatic rings. The first-order valence-corrected chi connectivity index (χ1v) is 7.81. The molecule has 0 aromatic heterocycles. The zero-order chi connectivity index (χ0) is 20.1. The van der Waals surface area contributed by atoms with Crippen molar-refractivity contribution in [1.82, 2.24) is 5.32 Å². The number of carbonyl (C=O) groups is 3. The highest BCUT2D eigenvalue weighted by atomic mass is 19.2. The molecular weight excluding hydrogens is 355 g/mol. The van der Waals surface area contributed by atoms with Crippen molar-refractivity contribution in [2.75, 3.05) is 0 Å². The number of alkyl carbamates (subject to hydrolysis) is 1. The van der Waals surface area contributed by atoms with Crippen molar-refractivity contribution in [2.45, 2.75) is 51.7 Å². The molecule has 1 amide bonds. The minimum Gasteiger partial charge on any atom is -0.480 e. The number of hydrogen-bond acceptors (Lipinski definition) is 4. The van der Waals surface area contributed by atoms with E-state index in [2.05, 4.69) is 5.32 Å². The van der Waals surface area contributed by atoms with E-state index in [1.807, 2.05) is 0 Å². The van der Waals surface area contributed by atoms with Crippen LogP contribution in [0.1, 0.15) is 50.4 Å². The molecule has 1 rings (SSSR count). The summed E-state index contributed by atoms with van der Waals surface area (Å²) >= 11 is 0. The Balaban J connectivity index is 2.61. The monoisotopic (exact) mass is 375 g/mol. The number of amides is 1. The topological polar surface area (TPSA) is 92.7 Å². The van der Waals surface area contributed by atoms with Crippen molar-refractivity contribution in [3.8, 4) is 0 Å². The van der Waals surface area contributed by atoms with Crippen molar-refractivity contribution in [3.05, 3.63) is 35.1 Å². The second-order valence-corrected chi connectivity index (χ2v) is 6.61. The molecule has 2 N–H and O–H groups in total. The van der Waals surface area contributed by atoms with E-state index in [1.54, 1.807) is 20.8 Å². The minimum absolute atomic E-state index is 0.0201. The molecule has 1 atom stereocenters. The van der Waals surface area contributed by atoms with Crippen LogP contribution >= 0.6 is 0 Å². The molecule has 9 heteroatoms. The van der Waals surface area contributed by atoms with Crippen molar-refractivity contribution >= 4 is 17.8 Å². The third-order valence-corrected chi connectivity index (χ3v) is 3.19. The van der Waals surface area contributed by atoms with Gasteiger partial charge in [-0.15, -0.1) is 0 Å². The zero-order valence-electron chi connectivity index (χ0n) is 14.6. The van der Waals surface area contributed by atoms with Gasteiger partial charge in [-0.2, -0.15) is 0 Å². The summed E-state index contributed by atoms with van der Waals surface area (Å²) in [6.45, 7) is 4.84. The third kappa shape index (κ3) is 6.73. The molecule has 0 aliphatic heterocycles. The predicted molar refractivity (Wildman–Crippen MR) is 85.3 cm³/mol. The normalized spacial score (nSPS) is 12.4. The van der Waals surface area contributed by atoms with Crippen LogP contribution in [0.25, 0.3) is 0 Å². The van der Waals surface area contributed by atoms with Gasteiger partial charge in [-0.1, -0.05) is 0 Å². The summed E-state index contributed by atoms with van der Waals surface area (Å²) in [6.07, 6.45) is -1.23. The van der Waals surface area contributed by atoms with Crippen molar-refractivity contribution in [1.29, 1.82) is 0 Å². The fraction of sp³-hybridized carbons (Fsp3) is 0.471. The number of ketones is 1. The van der Waals surface area contributed by atoms with Gasteiger partial charge in [0.2, 0.25) is 0 Å². The SMILES string of the molecule is CC(C)(C)OC(=O)NC(CCCC(=O)c1cc(F)c(F)c(F)c1)C(=O)O. The van der Waals surface area contributed by atoms with Crippen molar-refractivity contribution in [3.63, 3.8) is 0 Å². The van der Waals surface area contributed by atoms with Gasteiger partial charge in [0.1, 0.15) is 11.6 Å². The second kappa shape index (κ2) is 8.68. The Bertz CT molecular complexity index is 677. The summed E-state index contributed by atoms with van der Waals surface area (Å²) in [4.78, 5) is 34.7. The molecule has 144 valence electrons. The summed E-state index contributed by atoms with van der Waals surface area (Å²) in [5, 5.41) is 11.3. The third-order valence-electron chi connectivity index (χ3n) is 3.19. The molecule has 0 saturated carbocycles. The largest absolute Gasteiger partial charge is 0.480 e. The lowest BCUT2D eigenvalue weighted by Crippen LogP contribution is -2.43. The summed E-state index contributed by atoms with van der Waals surface area (Å²) in [5.74, 6) is -6.63. The molecule has 0 heterocycles.